The Hall–Kier alpha value is -1.40. The lowest BCUT2D eigenvalue weighted by molar-refractivity contribution is -0.119. The van der Waals surface area contributed by atoms with Crippen molar-refractivity contribution in [1.82, 2.24) is 15.5 Å². The summed E-state index contributed by atoms with van der Waals surface area (Å²) in [6.07, 6.45) is 0.930. The predicted octanol–water partition coefficient (Wildman–Crippen LogP) is 3.53. The Morgan fingerprint density at radius 2 is 2.10 bits per heavy atom. The van der Waals surface area contributed by atoms with Crippen LogP contribution in [0.25, 0.3) is 0 Å². The summed E-state index contributed by atoms with van der Waals surface area (Å²) in [5.74, 6) is 0.924. The highest BCUT2D eigenvalue weighted by molar-refractivity contribution is 8.01. The second-order valence-electron chi connectivity index (χ2n) is 5.15. The standard InChI is InChI=1S/C15H19N3OS2/c1-11(2)8-13(12-6-4-3-5-7-12)17-14(19)9-20-15-18-16-10-21-15/h3-7,10-11,13H,8-9H2,1-2H3,(H,17,19). The number of rotatable bonds is 7. The first-order valence-corrected chi connectivity index (χ1v) is 8.75. The Morgan fingerprint density at radius 3 is 2.71 bits per heavy atom. The summed E-state index contributed by atoms with van der Waals surface area (Å²) < 4.78 is 0.824. The molecule has 2 rings (SSSR count). The van der Waals surface area contributed by atoms with E-state index in [1.165, 1.54) is 23.1 Å². The molecule has 6 heteroatoms. The largest absolute Gasteiger partial charge is 0.349 e. The van der Waals surface area contributed by atoms with Crippen LogP contribution >= 0.6 is 23.1 Å². The van der Waals surface area contributed by atoms with Gasteiger partial charge in [-0.3, -0.25) is 4.79 Å². The van der Waals surface area contributed by atoms with Crippen LogP contribution in [0.4, 0.5) is 0 Å². The minimum Gasteiger partial charge on any atom is -0.349 e. The number of nitrogens with one attached hydrogen (secondary N) is 1. The molecule has 0 aliphatic rings. The summed E-state index contributed by atoms with van der Waals surface area (Å²) in [4.78, 5) is 12.1. The van der Waals surface area contributed by atoms with Crippen LogP contribution in [0.1, 0.15) is 31.9 Å². The Labute approximate surface area is 133 Å². The Bertz CT molecular complexity index is 543. The maximum atomic E-state index is 12.1. The molecule has 1 amide bonds. The molecule has 2 aromatic rings. The first-order valence-electron chi connectivity index (χ1n) is 6.88. The van der Waals surface area contributed by atoms with Gasteiger partial charge in [0.05, 0.1) is 11.8 Å². The van der Waals surface area contributed by atoms with Crippen molar-refractivity contribution < 1.29 is 4.79 Å². The number of thioether (sulfide) groups is 1. The van der Waals surface area contributed by atoms with E-state index in [-0.39, 0.29) is 11.9 Å². The third-order valence-corrected chi connectivity index (χ3v) is 4.77. The summed E-state index contributed by atoms with van der Waals surface area (Å²) in [5.41, 5.74) is 2.83. The first-order chi connectivity index (χ1) is 10.1. The summed E-state index contributed by atoms with van der Waals surface area (Å²) in [6.45, 7) is 4.33. The van der Waals surface area contributed by atoms with Gasteiger partial charge in [0.15, 0.2) is 4.34 Å². The molecule has 1 aromatic heterocycles. The van der Waals surface area contributed by atoms with Gasteiger partial charge in [0.25, 0.3) is 0 Å². The third kappa shape index (κ3) is 5.47. The summed E-state index contributed by atoms with van der Waals surface area (Å²) in [6, 6.07) is 10.2. The molecular formula is C15H19N3OS2. The predicted molar refractivity (Wildman–Crippen MR) is 87.4 cm³/mol. The molecular weight excluding hydrogens is 302 g/mol. The van der Waals surface area contributed by atoms with E-state index in [1.807, 2.05) is 18.2 Å². The Kier molecular flexibility index (Phi) is 6.20. The lowest BCUT2D eigenvalue weighted by Crippen LogP contribution is -2.30. The van der Waals surface area contributed by atoms with Crippen LogP contribution < -0.4 is 5.32 Å². The van der Waals surface area contributed by atoms with E-state index < -0.39 is 0 Å². The molecule has 21 heavy (non-hydrogen) atoms. The van der Waals surface area contributed by atoms with E-state index in [2.05, 4.69) is 41.5 Å². The molecule has 1 aromatic carbocycles. The van der Waals surface area contributed by atoms with Crippen molar-refractivity contribution in [3.05, 3.63) is 41.4 Å². The molecule has 0 bridgehead atoms. The number of amides is 1. The number of carbonyl (C=O) groups excluding carboxylic acids is 1. The van der Waals surface area contributed by atoms with E-state index in [0.29, 0.717) is 11.7 Å². The molecule has 112 valence electrons. The summed E-state index contributed by atoms with van der Waals surface area (Å²) >= 11 is 2.88. The average Bonchev–Trinajstić information content (AvgIpc) is 2.98. The Morgan fingerprint density at radius 1 is 1.33 bits per heavy atom. The van der Waals surface area contributed by atoms with Crippen molar-refractivity contribution in [2.24, 2.45) is 5.92 Å². The van der Waals surface area contributed by atoms with Gasteiger partial charge in [-0.15, -0.1) is 10.2 Å². The van der Waals surface area contributed by atoms with Crippen LogP contribution in [-0.2, 0) is 4.79 Å². The number of nitrogens with zero attached hydrogens (tertiary/aromatic N) is 2. The van der Waals surface area contributed by atoms with Crippen LogP contribution in [0.5, 0.6) is 0 Å². The zero-order valence-electron chi connectivity index (χ0n) is 12.2. The molecule has 0 fully saturated rings. The van der Waals surface area contributed by atoms with Gasteiger partial charge >= 0.3 is 0 Å². The molecule has 1 N–H and O–H groups in total. The Balaban J connectivity index is 1.93. The van der Waals surface area contributed by atoms with Gasteiger partial charge in [-0.2, -0.15) is 0 Å². The lowest BCUT2D eigenvalue weighted by Gasteiger charge is -2.21. The van der Waals surface area contributed by atoms with Crippen molar-refractivity contribution >= 4 is 29.0 Å². The van der Waals surface area contributed by atoms with E-state index in [0.717, 1.165) is 16.3 Å². The molecule has 0 saturated heterocycles. The molecule has 0 aliphatic carbocycles. The number of aromatic nitrogens is 2. The minimum absolute atomic E-state index is 0.0321. The van der Waals surface area contributed by atoms with Gasteiger partial charge in [-0.1, -0.05) is 67.3 Å². The second-order valence-corrected chi connectivity index (χ2v) is 7.21. The smallest absolute Gasteiger partial charge is 0.230 e. The van der Waals surface area contributed by atoms with E-state index >= 15 is 0 Å². The second kappa shape index (κ2) is 8.14. The van der Waals surface area contributed by atoms with Gasteiger partial charge in [-0.25, -0.2) is 0 Å². The van der Waals surface area contributed by atoms with Crippen LogP contribution in [0.2, 0.25) is 0 Å². The average molecular weight is 321 g/mol. The highest BCUT2D eigenvalue weighted by atomic mass is 32.2. The van der Waals surface area contributed by atoms with Gasteiger partial charge in [-0.05, 0) is 17.9 Å². The summed E-state index contributed by atoms with van der Waals surface area (Å²) in [5, 5.41) is 10.8. The third-order valence-electron chi connectivity index (χ3n) is 2.91. The first kappa shape index (κ1) is 16.0. The maximum absolute atomic E-state index is 12.1. The number of carbonyl (C=O) groups is 1. The van der Waals surface area contributed by atoms with E-state index in [1.54, 1.807) is 5.51 Å². The minimum atomic E-state index is 0.0321. The van der Waals surface area contributed by atoms with Crippen molar-refractivity contribution in [3.63, 3.8) is 0 Å². The normalized spacial score (nSPS) is 12.3. The molecule has 0 spiro atoms. The molecule has 1 heterocycles. The highest BCUT2D eigenvalue weighted by Gasteiger charge is 2.16. The molecule has 0 saturated carbocycles. The van der Waals surface area contributed by atoms with Crippen molar-refractivity contribution in [2.75, 3.05) is 5.75 Å². The van der Waals surface area contributed by atoms with E-state index in [4.69, 9.17) is 0 Å². The molecule has 1 atom stereocenters. The van der Waals surface area contributed by atoms with E-state index in [9.17, 15) is 4.79 Å². The number of hydrogen-bond acceptors (Lipinski definition) is 5. The van der Waals surface area contributed by atoms with Crippen LogP contribution in [-0.4, -0.2) is 21.9 Å². The van der Waals surface area contributed by atoms with Gasteiger partial charge in [0.1, 0.15) is 5.51 Å². The van der Waals surface area contributed by atoms with Crippen molar-refractivity contribution in [3.8, 4) is 0 Å². The molecule has 4 nitrogen and oxygen atoms in total. The zero-order chi connectivity index (χ0) is 15.1. The maximum Gasteiger partial charge on any atom is 0.230 e. The SMILES string of the molecule is CC(C)CC(NC(=O)CSc1nncs1)c1ccccc1. The van der Waals surface area contributed by atoms with Crippen LogP contribution in [0.3, 0.4) is 0 Å². The molecule has 0 aliphatic heterocycles. The van der Waals surface area contributed by atoms with Crippen LogP contribution in [0.15, 0.2) is 40.2 Å². The molecule has 1 unspecified atom stereocenters. The van der Waals surface area contributed by atoms with Gasteiger partial charge in [0, 0.05) is 0 Å². The van der Waals surface area contributed by atoms with Gasteiger partial charge in [0.2, 0.25) is 5.91 Å². The van der Waals surface area contributed by atoms with Gasteiger partial charge < -0.3 is 5.32 Å². The fourth-order valence-corrected chi connectivity index (χ4v) is 3.32. The number of hydrogen-bond donors (Lipinski definition) is 1. The molecule has 0 radical (unpaired) electrons. The fourth-order valence-electron chi connectivity index (χ4n) is 2.02. The fraction of sp³-hybridized carbons (Fsp3) is 0.400. The quantitative estimate of drug-likeness (QED) is 0.793. The monoisotopic (exact) mass is 321 g/mol. The number of benzene rings is 1. The van der Waals surface area contributed by atoms with Crippen molar-refractivity contribution in [1.29, 1.82) is 0 Å². The summed E-state index contributed by atoms with van der Waals surface area (Å²) in [7, 11) is 0. The zero-order valence-corrected chi connectivity index (χ0v) is 13.8. The highest BCUT2D eigenvalue weighted by Crippen LogP contribution is 2.22. The van der Waals surface area contributed by atoms with Crippen LogP contribution in [0, 0.1) is 5.92 Å². The lowest BCUT2D eigenvalue weighted by atomic mass is 9.97. The van der Waals surface area contributed by atoms with Crippen molar-refractivity contribution in [2.45, 2.75) is 30.6 Å². The topological polar surface area (TPSA) is 54.9 Å².